The highest BCUT2D eigenvalue weighted by atomic mass is 35.5. The number of piperazine rings is 1. The zero-order chi connectivity index (χ0) is 18.0. The van der Waals surface area contributed by atoms with Crippen LogP contribution in [0.2, 0.25) is 0 Å². The summed E-state index contributed by atoms with van der Waals surface area (Å²) in [5.74, 6) is -1.24. The van der Waals surface area contributed by atoms with E-state index in [0.29, 0.717) is 30.5 Å². The van der Waals surface area contributed by atoms with Crippen molar-refractivity contribution in [3.8, 4) is 5.75 Å². The average Bonchev–Trinajstić information content (AvgIpc) is 2.63. The second-order valence-electron chi connectivity index (χ2n) is 5.65. The van der Waals surface area contributed by atoms with Crippen molar-refractivity contribution in [2.24, 2.45) is 0 Å². The molecular formula is C17H19ClF2N2O3S. The largest absolute Gasteiger partial charge is 0.496 e. The van der Waals surface area contributed by atoms with Crippen LogP contribution in [0.4, 0.5) is 8.78 Å². The summed E-state index contributed by atoms with van der Waals surface area (Å²) in [6.45, 7) is 0.902. The number of hydrogen-bond acceptors (Lipinski definition) is 4. The maximum absolute atomic E-state index is 14.1. The van der Waals surface area contributed by atoms with Gasteiger partial charge in [0.1, 0.15) is 22.3 Å². The van der Waals surface area contributed by atoms with E-state index in [1.54, 1.807) is 24.3 Å². The Bertz CT molecular complexity index is 880. The van der Waals surface area contributed by atoms with E-state index in [4.69, 9.17) is 4.74 Å². The standard InChI is InChI=1S/C17H18F2N2O3S.ClH/c1-24-16-5-3-2-4-13(16)15-11-20-8-9-21(15)25(22,23)17-10-12(18)6-7-14(17)19;/h2-7,10,15,20H,8-9,11H2,1H3;1H. The maximum atomic E-state index is 14.1. The molecule has 2 aromatic rings. The third-order valence-corrected chi connectivity index (χ3v) is 6.10. The van der Waals surface area contributed by atoms with Gasteiger partial charge in [0.15, 0.2) is 0 Å². The fourth-order valence-corrected chi connectivity index (χ4v) is 4.66. The van der Waals surface area contributed by atoms with Gasteiger partial charge in [-0.15, -0.1) is 12.4 Å². The number of ether oxygens (including phenoxy) is 1. The van der Waals surface area contributed by atoms with Crippen molar-refractivity contribution in [2.45, 2.75) is 10.9 Å². The normalized spacial score (nSPS) is 18.2. The number of methoxy groups -OCH3 is 1. The van der Waals surface area contributed by atoms with E-state index in [1.807, 2.05) is 0 Å². The van der Waals surface area contributed by atoms with Crippen LogP contribution in [0.3, 0.4) is 0 Å². The summed E-state index contributed by atoms with van der Waals surface area (Å²) in [4.78, 5) is -0.658. The number of para-hydroxylation sites is 1. The number of halogens is 3. The highest BCUT2D eigenvalue weighted by Gasteiger charge is 2.37. The van der Waals surface area contributed by atoms with Crippen LogP contribution in [0.15, 0.2) is 47.4 Å². The van der Waals surface area contributed by atoms with Crippen molar-refractivity contribution in [1.82, 2.24) is 9.62 Å². The quantitative estimate of drug-likeness (QED) is 0.851. The summed E-state index contributed by atoms with van der Waals surface area (Å²) >= 11 is 0. The minimum atomic E-state index is -4.21. The molecule has 0 radical (unpaired) electrons. The van der Waals surface area contributed by atoms with Gasteiger partial charge in [-0.25, -0.2) is 17.2 Å². The summed E-state index contributed by atoms with van der Waals surface area (Å²) in [6, 6.07) is 8.90. The van der Waals surface area contributed by atoms with Gasteiger partial charge >= 0.3 is 0 Å². The lowest BCUT2D eigenvalue weighted by Crippen LogP contribution is -2.48. The molecule has 1 N–H and O–H groups in total. The first kappa shape index (κ1) is 20.6. The Balaban J connectivity index is 0.00000243. The lowest BCUT2D eigenvalue weighted by Gasteiger charge is -2.36. The van der Waals surface area contributed by atoms with Gasteiger partial charge in [-0.3, -0.25) is 0 Å². The number of nitrogens with one attached hydrogen (secondary N) is 1. The van der Waals surface area contributed by atoms with E-state index in [9.17, 15) is 17.2 Å². The molecule has 1 fully saturated rings. The fourth-order valence-electron chi connectivity index (χ4n) is 2.98. The first-order valence-electron chi connectivity index (χ1n) is 7.75. The Hall–Kier alpha value is -1.74. The molecule has 0 spiro atoms. The molecule has 0 bridgehead atoms. The number of benzene rings is 2. The molecule has 1 saturated heterocycles. The van der Waals surface area contributed by atoms with Gasteiger partial charge in [0, 0.05) is 25.2 Å². The highest BCUT2D eigenvalue weighted by Crippen LogP contribution is 2.34. The molecule has 0 aromatic heterocycles. The van der Waals surface area contributed by atoms with Gasteiger partial charge in [-0.1, -0.05) is 18.2 Å². The van der Waals surface area contributed by atoms with Gasteiger partial charge in [-0.2, -0.15) is 4.31 Å². The van der Waals surface area contributed by atoms with Gasteiger partial charge in [0.05, 0.1) is 13.2 Å². The minimum Gasteiger partial charge on any atom is -0.496 e. The lowest BCUT2D eigenvalue weighted by molar-refractivity contribution is 0.263. The van der Waals surface area contributed by atoms with Crippen LogP contribution in [0.5, 0.6) is 5.75 Å². The first-order valence-corrected chi connectivity index (χ1v) is 9.19. The predicted molar refractivity (Wildman–Crippen MR) is 96.1 cm³/mol. The molecule has 1 aliphatic heterocycles. The molecular weight excluding hydrogens is 386 g/mol. The molecule has 0 aliphatic carbocycles. The Labute approximate surface area is 157 Å². The van der Waals surface area contributed by atoms with Crippen LogP contribution >= 0.6 is 12.4 Å². The van der Waals surface area contributed by atoms with Gasteiger partial charge < -0.3 is 10.1 Å². The maximum Gasteiger partial charge on any atom is 0.246 e. The molecule has 2 aromatic carbocycles. The zero-order valence-electron chi connectivity index (χ0n) is 14.0. The average molecular weight is 405 g/mol. The Morgan fingerprint density at radius 3 is 2.65 bits per heavy atom. The smallest absolute Gasteiger partial charge is 0.246 e. The first-order chi connectivity index (χ1) is 11.9. The van der Waals surface area contributed by atoms with Gasteiger partial charge in [0.2, 0.25) is 10.0 Å². The SMILES string of the molecule is COc1ccccc1C1CNCCN1S(=O)(=O)c1cc(F)ccc1F.Cl. The molecule has 9 heteroatoms. The van der Waals surface area contributed by atoms with Crippen LogP contribution in [0, 0.1) is 11.6 Å². The fraction of sp³-hybridized carbons (Fsp3) is 0.294. The van der Waals surface area contributed by atoms with Crippen LogP contribution in [0.1, 0.15) is 11.6 Å². The van der Waals surface area contributed by atoms with Crippen molar-refractivity contribution in [3.63, 3.8) is 0 Å². The number of rotatable bonds is 4. The third-order valence-electron chi connectivity index (χ3n) is 4.17. The van der Waals surface area contributed by atoms with E-state index in [2.05, 4.69) is 5.32 Å². The summed E-state index contributed by atoms with van der Waals surface area (Å²) in [6.07, 6.45) is 0. The molecule has 1 atom stereocenters. The van der Waals surface area contributed by atoms with Crippen molar-refractivity contribution in [2.75, 3.05) is 26.7 Å². The molecule has 1 heterocycles. The predicted octanol–water partition coefficient (Wildman–Crippen LogP) is 2.73. The zero-order valence-corrected chi connectivity index (χ0v) is 15.6. The van der Waals surface area contributed by atoms with Gasteiger partial charge in [-0.05, 0) is 24.3 Å². The van der Waals surface area contributed by atoms with E-state index in [1.165, 1.54) is 11.4 Å². The van der Waals surface area contributed by atoms with E-state index < -0.39 is 32.6 Å². The van der Waals surface area contributed by atoms with E-state index in [-0.39, 0.29) is 19.0 Å². The highest BCUT2D eigenvalue weighted by molar-refractivity contribution is 7.89. The molecule has 142 valence electrons. The third kappa shape index (κ3) is 3.83. The lowest BCUT2D eigenvalue weighted by atomic mass is 10.0. The van der Waals surface area contributed by atoms with Crippen molar-refractivity contribution >= 4 is 22.4 Å². The molecule has 1 unspecified atom stereocenters. The summed E-state index contributed by atoms with van der Waals surface area (Å²) in [5.41, 5.74) is 0.664. The molecule has 0 amide bonds. The second-order valence-corrected chi connectivity index (χ2v) is 7.51. The summed E-state index contributed by atoms with van der Waals surface area (Å²) in [5, 5.41) is 3.13. The Morgan fingerprint density at radius 2 is 1.92 bits per heavy atom. The molecule has 26 heavy (non-hydrogen) atoms. The van der Waals surface area contributed by atoms with E-state index >= 15 is 0 Å². The summed E-state index contributed by atoms with van der Waals surface area (Å²) < 4.78 is 60.1. The molecule has 5 nitrogen and oxygen atoms in total. The molecule has 0 saturated carbocycles. The Morgan fingerprint density at radius 1 is 1.19 bits per heavy atom. The monoisotopic (exact) mass is 404 g/mol. The van der Waals surface area contributed by atoms with Crippen molar-refractivity contribution in [1.29, 1.82) is 0 Å². The summed E-state index contributed by atoms with van der Waals surface area (Å²) in [7, 11) is -2.71. The van der Waals surface area contributed by atoms with E-state index in [0.717, 1.165) is 12.1 Å². The second kappa shape index (κ2) is 8.30. The molecule has 1 aliphatic rings. The van der Waals surface area contributed by atoms with Crippen LogP contribution in [-0.2, 0) is 10.0 Å². The van der Waals surface area contributed by atoms with Gasteiger partial charge in [0.25, 0.3) is 0 Å². The Kier molecular flexibility index (Phi) is 6.57. The van der Waals surface area contributed by atoms with Crippen LogP contribution in [-0.4, -0.2) is 39.5 Å². The molecule has 3 rings (SSSR count). The van der Waals surface area contributed by atoms with Crippen LogP contribution in [0.25, 0.3) is 0 Å². The van der Waals surface area contributed by atoms with Crippen molar-refractivity contribution < 1.29 is 21.9 Å². The number of nitrogens with zero attached hydrogens (tertiary/aromatic N) is 1. The van der Waals surface area contributed by atoms with Crippen LogP contribution < -0.4 is 10.1 Å². The number of hydrogen-bond donors (Lipinski definition) is 1. The topological polar surface area (TPSA) is 58.6 Å². The van der Waals surface area contributed by atoms with Crippen molar-refractivity contribution in [3.05, 3.63) is 59.7 Å². The minimum absolute atomic E-state index is 0. The number of sulfonamides is 1.